The lowest BCUT2D eigenvalue weighted by Crippen LogP contribution is -2.57. The molecule has 36 heavy (non-hydrogen) atoms. The number of carboxylic acids is 2. The highest BCUT2D eigenvalue weighted by atomic mass is 16.4. The van der Waals surface area contributed by atoms with Crippen LogP contribution in [0.4, 0.5) is 0 Å². The Hall–Kier alpha value is -4.00. The lowest BCUT2D eigenvalue weighted by atomic mass is 10.0. The summed E-state index contributed by atoms with van der Waals surface area (Å²) in [4.78, 5) is 72.6. The molecule has 0 aliphatic carbocycles. The molecule has 0 aromatic heterocycles. The zero-order valence-corrected chi connectivity index (χ0v) is 19.6. The van der Waals surface area contributed by atoms with E-state index >= 15 is 0 Å². The van der Waals surface area contributed by atoms with Gasteiger partial charge in [0.15, 0.2) is 0 Å². The van der Waals surface area contributed by atoms with Crippen molar-refractivity contribution >= 4 is 35.6 Å². The fourth-order valence-corrected chi connectivity index (χ4v) is 3.72. The highest BCUT2D eigenvalue weighted by Crippen LogP contribution is 2.08. The number of nitrogens with one attached hydrogen (secondary N) is 4. The van der Waals surface area contributed by atoms with Gasteiger partial charge < -0.3 is 37.2 Å². The summed E-state index contributed by atoms with van der Waals surface area (Å²) in [5, 5.41) is 28.6. The van der Waals surface area contributed by atoms with E-state index < -0.39 is 72.6 Å². The van der Waals surface area contributed by atoms with Crippen LogP contribution in [0.3, 0.4) is 0 Å². The Morgan fingerprint density at radius 3 is 2.14 bits per heavy atom. The molecule has 1 fully saturated rings. The lowest BCUT2D eigenvalue weighted by molar-refractivity contribution is -0.143. The number of amides is 4. The van der Waals surface area contributed by atoms with E-state index in [1.54, 1.807) is 30.3 Å². The molecule has 1 aliphatic heterocycles. The van der Waals surface area contributed by atoms with Gasteiger partial charge in [-0.3, -0.25) is 24.0 Å². The molecular formula is C23H31N5O8. The van der Waals surface area contributed by atoms with Crippen LogP contribution in [0.15, 0.2) is 30.3 Å². The van der Waals surface area contributed by atoms with Crippen molar-refractivity contribution in [2.45, 2.75) is 62.7 Å². The van der Waals surface area contributed by atoms with Gasteiger partial charge in [-0.25, -0.2) is 4.79 Å². The van der Waals surface area contributed by atoms with Gasteiger partial charge in [-0.15, -0.1) is 0 Å². The molecule has 8 N–H and O–H groups in total. The second-order valence-corrected chi connectivity index (χ2v) is 8.46. The average molecular weight is 506 g/mol. The molecule has 196 valence electrons. The molecule has 0 spiro atoms. The van der Waals surface area contributed by atoms with Crippen molar-refractivity contribution in [1.29, 1.82) is 0 Å². The van der Waals surface area contributed by atoms with E-state index in [4.69, 9.17) is 10.8 Å². The molecule has 0 saturated carbocycles. The summed E-state index contributed by atoms with van der Waals surface area (Å²) in [6.07, 6.45) is -0.159. The topological polar surface area (TPSA) is 217 Å². The summed E-state index contributed by atoms with van der Waals surface area (Å²) < 4.78 is 0. The molecule has 1 heterocycles. The van der Waals surface area contributed by atoms with E-state index in [-0.39, 0.29) is 12.8 Å². The van der Waals surface area contributed by atoms with Crippen LogP contribution in [-0.2, 0) is 35.2 Å². The third kappa shape index (κ3) is 9.33. The van der Waals surface area contributed by atoms with Crippen LogP contribution < -0.4 is 27.0 Å². The summed E-state index contributed by atoms with van der Waals surface area (Å²) in [5.74, 6) is -5.81. The lowest BCUT2D eigenvalue weighted by Gasteiger charge is -2.24. The van der Waals surface area contributed by atoms with Crippen molar-refractivity contribution in [3.05, 3.63) is 35.9 Å². The standard InChI is InChI=1S/C23H31N5O8/c24-18(29)12-16(27-20(32)14-7-4-10-25-14)22(34)26-15(8-9-19(30)31)21(33)28-17(23(35)36)11-13-5-2-1-3-6-13/h1-3,5-6,14-17,25H,4,7-12H2,(H2,24,29)(H,26,34)(H,27,32)(H,28,33)(H,30,31)(H,35,36). The molecule has 1 aromatic carbocycles. The van der Waals surface area contributed by atoms with Gasteiger partial charge in [0.25, 0.3) is 0 Å². The van der Waals surface area contributed by atoms with Crippen molar-refractivity contribution < 1.29 is 39.0 Å². The minimum Gasteiger partial charge on any atom is -0.481 e. The predicted octanol–water partition coefficient (Wildman–Crippen LogP) is -1.74. The van der Waals surface area contributed by atoms with Gasteiger partial charge in [-0.05, 0) is 31.4 Å². The second kappa shape index (κ2) is 13.8. The minimum atomic E-state index is -1.44. The Morgan fingerprint density at radius 1 is 0.944 bits per heavy atom. The highest BCUT2D eigenvalue weighted by Gasteiger charge is 2.32. The smallest absolute Gasteiger partial charge is 0.326 e. The van der Waals surface area contributed by atoms with E-state index in [0.29, 0.717) is 18.5 Å². The largest absolute Gasteiger partial charge is 0.481 e. The zero-order chi connectivity index (χ0) is 26.7. The first-order chi connectivity index (χ1) is 17.1. The maximum Gasteiger partial charge on any atom is 0.326 e. The maximum atomic E-state index is 12.9. The van der Waals surface area contributed by atoms with E-state index in [9.17, 15) is 33.9 Å². The summed E-state index contributed by atoms with van der Waals surface area (Å²) >= 11 is 0. The van der Waals surface area contributed by atoms with Gasteiger partial charge in [-0.1, -0.05) is 30.3 Å². The number of benzene rings is 1. The van der Waals surface area contributed by atoms with Crippen molar-refractivity contribution in [2.24, 2.45) is 5.73 Å². The molecule has 13 nitrogen and oxygen atoms in total. The van der Waals surface area contributed by atoms with Gasteiger partial charge in [-0.2, -0.15) is 0 Å². The quantitative estimate of drug-likeness (QED) is 0.152. The summed E-state index contributed by atoms with van der Waals surface area (Å²) in [6, 6.07) is 3.79. The van der Waals surface area contributed by atoms with Crippen LogP contribution >= 0.6 is 0 Å². The number of carboxylic acid groups (broad SMARTS) is 2. The van der Waals surface area contributed by atoms with Gasteiger partial charge >= 0.3 is 11.9 Å². The average Bonchev–Trinajstić information content (AvgIpc) is 3.36. The van der Waals surface area contributed by atoms with Crippen LogP contribution in [0.25, 0.3) is 0 Å². The third-order valence-electron chi connectivity index (χ3n) is 5.59. The number of carbonyl (C=O) groups excluding carboxylic acids is 4. The Kier molecular flexibility index (Phi) is 10.8. The number of carbonyl (C=O) groups is 6. The maximum absolute atomic E-state index is 12.9. The molecular weight excluding hydrogens is 474 g/mol. The molecule has 4 atom stereocenters. The molecule has 4 unspecified atom stereocenters. The first-order valence-electron chi connectivity index (χ1n) is 11.5. The van der Waals surface area contributed by atoms with Crippen LogP contribution in [0.5, 0.6) is 0 Å². The van der Waals surface area contributed by atoms with Crippen molar-refractivity contribution in [2.75, 3.05) is 6.54 Å². The molecule has 4 amide bonds. The summed E-state index contributed by atoms with van der Waals surface area (Å²) in [5.41, 5.74) is 5.85. The van der Waals surface area contributed by atoms with E-state index in [0.717, 1.165) is 6.42 Å². The summed E-state index contributed by atoms with van der Waals surface area (Å²) in [7, 11) is 0. The number of nitrogens with two attached hydrogens (primary N) is 1. The molecule has 1 aromatic rings. The number of aliphatic carboxylic acids is 2. The first-order valence-corrected chi connectivity index (χ1v) is 11.5. The Bertz CT molecular complexity index is 965. The van der Waals surface area contributed by atoms with Crippen LogP contribution in [-0.4, -0.2) is 76.5 Å². The Morgan fingerprint density at radius 2 is 1.58 bits per heavy atom. The van der Waals surface area contributed by atoms with Gasteiger partial charge in [0.2, 0.25) is 23.6 Å². The van der Waals surface area contributed by atoms with Crippen LogP contribution in [0.1, 0.15) is 37.7 Å². The van der Waals surface area contributed by atoms with E-state index in [2.05, 4.69) is 21.3 Å². The third-order valence-corrected chi connectivity index (χ3v) is 5.59. The van der Waals surface area contributed by atoms with E-state index in [1.807, 2.05) is 0 Å². The zero-order valence-electron chi connectivity index (χ0n) is 19.6. The van der Waals surface area contributed by atoms with Crippen LogP contribution in [0, 0.1) is 0 Å². The second-order valence-electron chi connectivity index (χ2n) is 8.46. The Labute approximate surface area is 207 Å². The normalized spacial score (nSPS) is 17.3. The first kappa shape index (κ1) is 28.2. The van der Waals surface area contributed by atoms with Crippen LogP contribution in [0.2, 0.25) is 0 Å². The minimum absolute atomic E-state index is 0.0454. The fourth-order valence-electron chi connectivity index (χ4n) is 3.72. The predicted molar refractivity (Wildman–Crippen MR) is 125 cm³/mol. The molecule has 1 saturated heterocycles. The van der Waals surface area contributed by atoms with Crippen molar-refractivity contribution in [1.82, 2.24) is 21.3 Å². The van der Waals surface area contributed by atoms with E-state index in [1.165, 1.54) is 0 Å². The monoisotopic (exact) mass is 505 g/mol. The number of hydrogen-bond acceptors (Lipinski definition) is 7. The number of hydrogen-bond donors (Lipinski definition) is 7. The molecule has 1 aliphatic rings. The fraction of sp³-hybridized carbons (Fsp3) is 0.478. The summed E-state index contributed by atoms with van der Waals surface area (Å²) in [6.45, 7) is 0.621. The van der Waals surface area contributed by atoms with Crippen molar-refractivity contribution in [3.63, 3.8) is 0 Å². The number of primary amides is 1. The number of rotatable bonds is 14. The molecule has 0 bridgehead atoms. The SMILES string of the molecule is NC(=O)CC(NC(=O)C1CCCN1)C(=O)NC(CCC(=O)O)C(=O)NC(Cc1ccccc1)C(=O)O. The van der Waals surface area contributed by atoms with Gasteiger partial charge in [0, 0.05) is 12.8 Å². The van der Waals surface area contributed by atoms with Gasteiger partial charge in [0.05, 0.1) is 12.5 Å². The molecule has 13 heteroatoms. The highest BCUT2D eigenvalue weighted by molar-refractivity contribution is 5.96. The molecule has 2 rings (SSSR count). The Balaban J connectivity index is 2.13. The van der Waals surface area contributed by atoms with Crippen molar-refractivity contribution in [3.8, 4) is 0 Å². The molecule has 0 radical (unpaired) electrons. The van der Waals surface area contributed by atoms with Gasteiger partial charge in [0.1, 0.15) is 18.1 Å².